The Balaban J connectivity index is 1.66. The SMILES string of the molecule is CC1CCNC(CNC2CC2(C)C)C1. The molecule has 1 heterocycles. The largest absolute Gasteiger partial charge is 0.313 e. The van der Waals surface area contributed by atoms with Crippen LogP contribution in [0.15, 0.2) is 0 Å². The smallest absolute Gasteiger partial charge is 0.0195 e. The lowest BCUT2D eigenvalue weighted by Crippen LogP contribution is -2.44. The molecule has 0 aromatic carbocycles. The first-order valence-corrected chi connectivity index (χ1v) is 6.05. The van der Waals surface area contributed by atoms with Gasteiger partial charge in [-0.15, -0.1) is 0 Å². The molecule has 2 fully saturated rings. The van der Waals surface area contributed by atoms with Gasteiger partial charge in [0.15, 0.2) is 0 Å². The van der Waals surface area contributed by atoms with Gasteiger partial charge in [0.05, 0.1) is 0 Å². The summed E-state index contributed by atoms with van der Waals surface area (Å²) in [6, 6.07) is 1.50. The summed E-state index contributed by atoms with van der Waals surface area (Å²) < 4.78 is 0. The van der Waals surface area contributed by atoms with E-state index in [4.69, 9.17) is 0 Å². The lowest BCUT2D eigenvalue weighted by Gasteiger charge is -2.28. The molecule has 3 atom stereocenters. The summed E-state index contributed by atoms with van der Waals surface area (Å²) in [7, 11) is 0. The van der Waals surface area contributed by atoms with Gasteiger partial charge in [0.2, 0.25) is 0 Å². The maximum absolute atomic E-state index is 3.67. The first-order valence-electron chi connectivity index (χ1n) is 6.05. The maximum Gasteiger partial charge on any atom is 0.0195 e. The average molecular weight is 196 g/mol. The van der Waals surface area contributed by atoms with Gasteiger partial charge in [0.25, 0.3) is 0 Å². The Hall–Kier alpha value is -0.0800. The Morgan fingerprint density at radius 2 is 2.14 bits per heavy atom. The van der Waals surface area contributed by atoms with E-state index in [9.17, 15) is 0 Å². The fourth-order valence-electron chi connectivity index (χ4n) is 2.48. The van der Waals surface area contributed by atoms with E-state index in [2.05, 4.69) is 31.4 Å². The molecule has 0 aromatic rings. The summed E-state index contributed by atoms with van der Waals surface area (Å²) in [4.78, 5) is 0. The Labute approximate surface area is 87.8 Å². The molecule has 0 bridgehead atoms. The maximum atomic E-state index is 3.67. The van der Waals surface area contributed by atoms with Crippen LogP contribution in [0.1, 0.15) is 40.0 Å². The number of hydrogen-bond donors (Lipinski definition) is 2. The van der Waals surface area contributed by atoms with Gasteiger partial charge in [-0.05, 0) is 37.1 Å². The molecule has 2 nitrogen and oxygen atoms in total. The summed E-state index contributed by atoms with van der Waals surface area (Å²) in [6.07, 6.45) is 4.06. The Kier molecular flexibility index (Phi) is 2.85. The molecular formula is C12H24N2. The van der Waals surface area contributed by atoms with Crippen molar-refractivity contribution in [3.05, 3.63) is 0 Å². The molecule has 0 radical (unpaired) electrons. The molecule has 14 heavy (non-hydrogen) atoms. The van der Waals surface area contributed by atoms with E-state index < -0.39 is 0 Å². The highest BCUT2D eigenvalue weighted by molar-refractivity contribution is 5.02. The Morgan fingerprint density at radius 3 is 2.71 bits per heavy atom. The van der Waals surface area contributed by atoms with Crippen LogP contribution in [0.25, 0.3) is 0 Å². The average Bonchev–Trinajstić information content (AvgIpc) is 2.71. The van der Waals surface area contributed by atoms with E-state index in [0.717, 1.165) is 18.0 Å². The Bertz CT molecular complexity index is 200. The first kappa shape index (κ1) is 10.4. The van der Waals surface area contributed by atoms with Crippen LogP contribution >= 0.6 is 0 Å². The van der Waals surface area contributed by atoms with E-state index in [1.807, 2.05) is 0 Å². The molecule has 2 N–H and O–H groups in total. The van der Waals surface area contributed by atoms with Crippen molar-refractivity contribution < 1.29 is 0 Å². The second-order valence-corrected chi connectivity index (χ2v) is 5.93. The predicted molar refractivity (Wildman–Crippen MR) is 60.4 cm³/mol. The van der Waals surface area contributed by atoms with E-state index in [1.54, 1.807) is 0 Å². The first-order chi connectivity index (χ1) is 6.58. The molecule has 2 aliphatic rings. The number of rotatable bonds is 3. The van der Waals surface area contributed by atoms with Crippen LogP contribution < -0.4 is 10.6 Å². The van der Waals surface area contributed by atoms with Crippen molar-refractivity contribution >= 4 is 0 Å². The molecule has 0 amide bonds. The highest BCUT2D eigenvalue weighted by atomic mass is 15.0. The molecule has 1 aliphatic carbocycles. The van der Waals surface area contributed by atoms with E-state index in [-0.39, 0.29) is 0 Å². The Morgan fingerprint density at radius 1 is 1.43 bits per heavy atom. The van der Waals surface area contributed by atoms with Crippen molar-refractivity contribution in [3.8, 4) is 0 Å². The molecule has 2 rings (SSSR count). The third-order valence-electron chi connectivity index (χ3n) is 3.88. The van der Waals surface area contributed by atoms with Gasteiger partial charge in [-0.2, -0.15) is 0 Å². The molecule has 2 heteroatoms. The molecule has 0 spiro atoms. The van der Waals surface area contributed by atoms with E-state index in [1.165, 1.54) is 32.4 Å². The summed E-state index contributed by atoms with van der Waals surface area (Å²) in [5.41, 5.74) is 0.570. The van der Waals surface area contributed by atoms with E-state index in [0.29, 0.717) is 5.41 Å². The second kappa shape index (κ2) is 3.82. The standard InChI is InChI=1S/C12H24N2/c1-9-4-5-13-10(6-9)8-14-11-7-12(11,2)3/h9-11,13-14H,4-8H2,1-3H3. The summed E-state index contributed by atoms with van der Waals surface area (Å²) in [5.74, 6) is 0.912. The van der Waals surface area contributed by atoms with Crippen molar-refractivity contribution in [2.75, 3.05) is 13.1 Å². The van der Waals surface area contributed by atoms with Crippen molar-refractivity contribution in [3.63, 3.8) is 0 Å². The van der Waals surface area contributed by atoms with Gasteiger partial charge >= 0.3 is 0 Å². The molecule has 1 saturated heterocycles. The van der Waals surface area contributed by atoms with Crippen molar-refractivity contribution in [1.29, 1.82) is 0 Å². The normalized spacial score (nSPS) is 40.9. The quantitative estimate of drug-likeness (QED) is 0.719. The minimum Gasteiger partial charge on any atom is -0.313 e. The number of nitrogens with one attached hydrogen (secondary N) is 2. The molecular weight excluding hydrogens is 172 g/mol. The minimum atomic E-state index is 0.570. The van der Waals surface area contributed by atoms with Gasteiger partial charge < -0.3 is 10.6 Å². The summed E-state index contributed by atoms with van der Waals surface area (Å²) in [6.45, 7) is 9.44. The zero-order valence-electron chi connectivity index (χ0n) is 9.77. The van der Waals surface area contributed by atoms with Crippen LogP contribution in [0.5, 0.6) is 0 Å². The number of hydrogen-bond acceptors (Lipinski definition) is 2. The fraction of sp³-hybridized carbons (Fsp3) is 1.00. The van der Waals surface area contributed by atoms with Crippen LogP contribution in [0, 0.1) is 11.3 Å². The molecule has 1 saturated carbocycles. The molecule has 1 aliphatic heterocycles. The van der Waals surface area contributed by atoms with Crippen molar-refractivity contribution in [2.24, 2.45) is 11.3 Å². The highest BCUT2D eigenvalue weighted by Crippen LogP contribution is 2.44. The topological polar surface area (TPSA) is 24.1 Å². The van der Waals surface area contributed by atoms with Gasteiger partial charge in [0, 0.05) is 18.6 Å². The third-order valence-corrected chi connectivity index (χ3v) is 3.88. The van der Waals surface area contributed by atoms with Crippen LogP contribution in [0.4, 0.5) is 0 Å². The van der Waals surface area contributed by atoms with Crippen LogP contribution in [0.3, 0.4) is 0 Å². The van der Waals surface area contributed by atoms with Crippen LogP contribution in [-0.2, 0) is 0 Å². The van der Waals surface area contributed by atoms with Gasteiger partial charge in [-0.25, -0.2) is 0 Å². The van der Waals surface area contributed by atoms with Crippen molar-refractivity contribution in [2.45, 2.75) is 52.1 Å². The highest BCUT2D eigenvalue weighted by Gasteiger charge is 2.45. The summed E-state index contributed by atoms with van der Waals surface area (Å²) >= 11 is 0. The molecule has 0 aromatic heterocycles. The van der Waals surface area contributed by atoms with Gasteiger partial charge in [-0.1, -0.05) is 20.8 Å². The second-order valence-electron chi connectivity index (χ2n) is 5.93. The fourth-order valence-corrected chi connectivity index (χ4v) is 2.48. The van der Waals surface area contributed by atoms with Crippen LogP contribution in [0.2, 0.25) is 0 Å². The van der Waals surface area contributed by atoms with Crippen LogP contribution in [-0.4, -0.2) is 25.2 Å². The summed E-state index contributed by atoms with van der Waals surface area (Å²) in [5, 5.41) is 7.27. The predicted octanol–water partition coefficient (Wildman–Crippen LogP) is 1.76. The zero-order chi connectivity index (χ0) is 10.2. The van der Waals surface area contributed by atoms with Gasteiger partial charge in [0.1, 0.15) is 0 Å². The van der Waals surface area contributed by atoms with E-state index >= 15 is 0 Å². The lowest BCUT2D eigenvalue weighted by molar-refractivity contribution is 0.307. The molecule has 82 valence electrons. The lowest BCUT2D eigenvalue weighted by atomic mass is 9.94. The number of piperidine rings is 1. The molecule has 3 unspecified atom stereocenters. The van der Waals surface area contributed by atoms with Gasteiger partial charge in [-0.3, -0.25) is 0 Å². The minimum absolute atomic E-state index is 0.570. The third kappa shape index (κ3) is 2.48. The monoisotopic (exact) mass is 196 g/mol. The van der Waals surface area contributed by atoms with Crippen molar-refractivity contribution in [1.82, 2.24) is 10.6 Å². The zero-order valence-corrected chi connectivity index (χ0v) is 9.77.